The molecule has 1 fully saturated rings. The fourth-order valence-corrected chi connectivity index (χ4v) is 5.75. The van der Waals surface area contributed by atoms with Crippen LogP contribution in [0.4, 0.5) is 31.1 Å². The SMILES string of the molecule is CCC1=NC(=O)NC(c2cc(C(F)(F)F)cc(C(F)(F)F)c2)C1c1nc(C2CCCCC2)cs1. The van der Waals surface area contributed by atoms with Crippen molar-refractivity contribution in [3.8, 4) is 0 Å². The standard InChI is InChI=1S/C23H23F6N3OS/c1-2-16-18(20-30-17(11-34-20)12-6-4-3-5-7-12)19(32-21(33)31-16)13-8-14(22(24,25)26)10-15(9-13)23(27,28)29/h8-12,18-19H,2-7H2,1H3,(H,32,33). The molecule has 0 bridgehead atoms. The minimum atomic E-state index is -4.98. The lowest BCUT2D eigenvalue weighted by atomic mass is 9.85. The van der Waals surface area contributed by atoms with Gasteiger partial charge in [0.05, 0.1) is 28.8 Å². The molecule has 2 amide bonds. The number of hydrogen-bond donors (Lipinski definition) is 1. The predicted octanol–water partition coefficient (Wildman–Crippen LogP) is 7.63. The zero-order valence-corrected chi connectivity index (χ0v) is 19.1. The molecule has 1 aliphatic carbocycles. The van der Waals surface area contributed by atoms with Gasteiger partial charge in [-0.1, -0.05) is 26.2 Å². The smallest absolute Gasteiger partial charge is 0.328 e. The number of halogens is 6. The van der Waals surface area contributed by atoms with Crippen molar-refractivity contribution in [3.05, 3.63) is 51.0 Å². The molecule has 2 atom stereocenters. The van der Waals surface area contributed by atoms with Crippen LogP contribution in [0.25, 0.3) is 0 Å². The zero-order valence-electron chi connectivity index (χ0n) is 18.3. The Kier molecular flexibility index (Phi) is 6.76. The van der Waals surface area contributed by atoms with Gasteiger partial charge in [0.25, 0.3) is 0 Å². The average molecular weight is 504 g/mol. The predicted molar refractivity (Wildman–Crippen MR) is 116 cm³/mol. The number of carbonyl (C=O) groups is 1. The minimum Gasteiger partial charge on any atom is -0.328 e. The molecule has 1 aliphatic heterocycles. The first-order chi connectivity index (χ1) is 16.0. The third kappa shape index (κ3) is 5.13. The van der Waals surface area contributed by atoms with Gasteiger partial charge in [0.15, 0.2) is 0 Å². The number of aliphatic imine (C=N–C) groups is 1. The molecule has 0 radical (unpaired) electrons. The van der Waals surface area contributed by atoms with Gasteiger partial charge in [-0.2, -0.15) is 26.3 Å². The summed E-state index contributed by atoms with van der Waals surface area (Å²) in [6, 6.07) is -0.535. The van der Waals surface area contributed by atoms with Crippen LogP contribution in [0, 0.1) is 0 Å². The summed E-state index contributed by atoms with van der Waals surface area (Å²) in [7, 11) is 0. The third-order valence-corrected chi connectivity index (χ3v) is 7.32. The van der Waals surface area contributed by atoms with E-state index in [-0.39, 0.29) is 17.5 Å². The number of carbonyl (C=O) groups excluding carboxylic acids is 1. The van der Waals surface area contributed by atoms with Crippen LogP contribution in [-0.2, 0) is 12.4 Å². The van der Waals surface area contributed by atoms with Crippen molar-refractivity contribution in [2.45, 2.75) is 75.7 Å². The van der Waals surface area contributed by atoms with E-state index in [2.05, 4.69) is 10.3 Å². The number of alkyl halides is 6. The van der Waals surface area contributed by atoms with E-state index in [1.807, 2.05) is 5.38 Å². The Labute approximate surface area is 196 Å². The van der Waals surface area contributed by atoms with E-state index in [0.29, 0.717) is 29.3 Å². The Balaban J connectivity index is 1.80. The Morgan fingerprint density at radius 1 is 1.00 bits per heavy atom. The highest BCUT2D eigenvalue weighted by Gasteiger charge is 2.41. The average Bonchev–Trinajstić information content (AvgIpc) is 3.27. The Bertz CT molecular complexity index is 1050. The molecule has 1 saturated carbocycles. The van der Waals surface area contributed by atoms with Crippen LogP contribution in [0.5, 0.6) is 0 Å². The van der Waals surface area contributed by atoms with E-state index in [0.717, 1.165) is 37.8 Å². The molecular formula is C23H23F6N3OS. The molecule has 184 valence electrons. The molecule has 4 nitrogen and oxygen atoms in total. The van der Waals surface area contributed by atoms with E-state index in [1.54, 1.807) is 6.92 Å². The first-order valence-electron chi connectivity index (χ1n) is 11.1. The maximum Gasteiger partial charge on any atom is 0.416 e. The van der Waals surface area contributed by atoms with Gasteiger partial charge < -0.3 is 5.32 Å². The van der Waals surface area contributed by atoms with E-state index < -0.39 is 41.5 Å². The first-order valence-corrected chi connectivity index (χ1v) is 12.0. The van der Waals surface area contributed by atoms with Crippen molar-refractivity contribution in [3.63, 3.8) is 0 Å². The lowest BCUT2D eigenvalue weighted by Crippen LogP contribution is -2.39. The van der Waals surface area contributed by atoms with Gasteiger partial charge in [-0.05, 0) is 43.0 Å². The molecule has 2 aromatic rings. The van der Waals surface area contributed by atoms with Gasteiger partial charge in [-0.15, -0.1) is 11.3 Å². The summed E-state index contributed by atoms with van der Waals surface area (Å²) in [6.07, 6.45) is -4.34. The van der Waals surface area contributed by atoms with E-state index in [1.165, 1.54) is 11.3 Å². The molecule has 2 heterocycles. The summed E-state index contributed by atoms with van der Waals surface area (Å²) >= 11 is 1.30. The fraction of sp³-hybridized carbons (Fsp3) is 0.522. The number of urea groups is 1. The number of rotatable bonds is 4. The van der Waals surface area contributed by atoms with Crippen molar-refractivity contribution in [2.24, 2.45) is 4.99 Å². The fourth-order valence-electron chi connectivity index (χ4n) is 4.69. The maximum atomic E-state index is 13.5. The molecule has 0 spiro atoms. The van der Waals surface area contributed by atoms with E-state index in [9.17, 15) is 31.1 Å². The third-order valence-electron chi connectivity index (χ3n) is 6.38. The van der Waals surface area contributed by atoms with E-state index in [4.69, 9.17) is 4.98 Å². The number of aromatic nitrogens is 1. The van der Waals surface area contributed by atoms with Crippen LogP contribution in [-0.4, -0.2) is 16.7 Å². The van der Waals surface area contributed by atoms with Gasteiger partial charge in [0.2, 0.25) is 0 Å². The van der Waals surface area contributed by atoms with Crippen molar-refractivity contribution in [1.29, 1.82) is 0 Å². The number of thiazole rings is 1. The van der Waals surface area contributed by atoms with Gasteiger partial charge in [-0.25, -0.2) is 14.8 Å². The summed E-state index contributed by atoms with van der Waals surface area (Å²) < 4.78 is 80.8. The zero-order chi connectivity index (χ0) is 24.7. The summed E-state index contributed by atoms with van der Waals surface area (Å²) in [4.78, 5) is 21.0. The van der Waals surface area contributed by atoms with E-state index >= 15 is 0 Å². The van der Waals surface area contributed by atoms with Gasteiger partial charge in [-0.3, -0.25) is 0 Å². The Hall–Kier alpha value is -2.43. The first kappa shape index (κ1) is 24.7. The normalized spacial score (nSPS) is 22.4. The summed E-state index contributed by atoms with van der Waals surface area (Å²) in [5.74, 6) is -0.475. The van der Waals surface area contributed by atoms with Crippen molar-refractivity contribution in [1.82, 2.24) is 10.3 Å². The van der Waals surface area contributed by atoms with Gasteiger partial charge in [0, 0.05) is 17.0 Å². The maximum absolute atomic E-state index is 13.5. The molecule has 2 aliphatic rings. The summed E-state index contributed by atoms with van der Waals surface area (Å²) in [5, 5.41) is 4.92. The van der Waals surface area contributed by atoms with Crippen LogP contribution in [0.3, 0.4) is 0 Å². The van der Waals surface area contributed by atoms with Gasteiger partial charge >= 0.3 is 18.4 Å². The second kappa shape index (κ2) is 9.31. The molecule has 34 heavy (non-hydrogen) atoms. The van der Waals surface area contributed by atoms with Crippen molar-refractivity contribution in [2.75, 3.05) is 0 Å². The highest BCUT2D eigenvalue weighted by atomic mass is 32.1. The second-order valence-electron chi connectivity index (χ2n) is 8.65. The second-order valence-corrected chi connectivity index (χ2v) is 9.54. The molecule has 1 N–H and O–H groups in total. The molecule has 11 heteroatoms. The van der Waals surface area contributed by atoms with Crippen molar-refractivity contribution >= 4 is 23.1 Å². The monoisotopic (exact) mass is 503 g/mol. The van der Waals surface area contributed by atoms with Crippen LogP contribution in [0.1, 0.15) is 90.7 Å². The number of benzene rings is 1. The quantitative estimate of drug-likeness (QED) is 0.436. The van der Waals surface area contributed by atoms with Gasteiger partial charge in [0.1, 0.15) is 5.01 Å². The Morgan fingerprint density at radius 3 is 2.18 bits per heavy atom. The Morgan fingerprint density at radius 2 is 1.62 bits per heavy atom. The lowest BCUT2D eigenvalue weighted by molar-refractivity contribution is -0.143. The molecule has 2 unspecified atom stereocenters. The van der Waals surface area contributed by atoms with Crippen LogP contribution in [0.15, 0.2) is 28.6 Å². The molecule has 1 aromatic carbocycles. The topological polar surface area (TPSA) is 54.4 Å². The van der Waals surface area contributed by atoms with Crippen molar-refractivity contribution < 1.29 is 31.1 Å². The molecule has 1 aromatic heterocycles. The highest BCUT2D eigenvalue weighted by Crippen LogP contribution is 2.43. The number of amides is 2. The number of nitrogens with one attached hydrogen (secondary N) is 1. The summed E-state index contributed by atoms with van der Waals surface area (Å²) in [5.41, 5.74) is -1.87. The van der Waals surface area contributed by atoms with Crippen LogP contribution < -0.4 is 5.32 Å². The van der Waals surface area contributed by atoms with Crippen LogP contribution >= 0.6 is 11.3 Å². The highest BCUT2D eigenvalue weighted by molar-refractivity contribution is 7.09. The largest absolute Gasteiger partial charge is 0.416 e. The molecular weight excluding hydrogens is 480 g/mol. The van der Waals surface area contributed by atoms with Crippen LogP contribution in [0.2, 0.25) is 0 Å². The number of hydrogen-bond acceptors (Lipinski definition) is 3. The molecule has 4 rings (SSSR count). The molecule has 0 saturated heterocycles. The minimum absolute atomic E-state index is 0.0859. The number of nitrogens with zero attached hydrogens (tertiary/aromatic N) is 2. The summed E-state index contributed by atoms with van der Waals surface area (Å²) in [6.45, 7) is 1.74. The lowest BCUT2D eigenvalue weighted by Gasteiger charge is -2.32.